The van der Waals surface area contributed by atoms with E-state index in [4.69, 9.17) is 22.1 Å². The lowest BCUT2D eigenvalue weighted by Crippen LogP contribution is -2.29. The highest BCUT2D eigenvalue weighted by Gasteiger charge is 2.20. The zero-order valence-electron chi connectivity index (χ0n) is 24.6. The number of aryl methyl sites for hydroxylation is 1. The van der Waals surface area contributed by atoms with E-state index in [0.29, 0.717) is 47.0 Å². The number of sulfonamides is 1. The van der Waals surface area contributed by atoms with E-state index in [-0.39, 0.29) is 22.4 Å². The predicted octanol–water partition coefficient (Wildman–Crippen LogP) is 4.06. The molecule has 226 valence electrons. The minimum absolute atomic E-state index is 0.133. The second-order valence-electron chi connectivity index (χ2n) is 9.84. The predicted molar refractivity (Wildman–Crippen MR) is 171 cm³/mol. The van der Waals surface area contributed by atoms with Gasteiger partial charge in [0.1, 0.15) is 10.8 Å². The van der Waals surface area contributed by atoms with E-state index >= 15 is 0 Å². The summed E-state index contributed by atoms with van der Waals surface area (Å²) in [6.45, 7) is 7.27. The molecule has 2 aromatic carbocycles. The van der Waals surface area contributed by atoms with Crippen LogP contribution in [0.15, 0.2) is 43.1 Å². The molecule has 0 fully saturated rings. The van der Waals surface area contributed by atoms with Gasteiger partial charge in [0.2, 0.25) is 21.9 Å². The van der Waals surface area contributed by atoms with Gasteiger partial charge < -0.3 is 30.9 Å². The Hall–Kier alpha value is -4.07. The Morgan fingerprint density at radius 2 is 1.86 bits per heavy atom. The van der Waals surface area contributed by atoms with Crippen molar-refractivity contribution in [2.24, 2.45) is 5.73 Å². The molecule has 0 aliphatic rings. The maximum absolute atomic E-state index is 12.1. The van der Waals surface area contributed by atoms with Gasteiger partial charge >= 0.3 is 0 Å². The largest absolute Gasteiger partial charge is 0.494 e. The summed E-state index contributed by atoms with van der Waals surface area (Å²) in [7, 11) is 3.83. The van der Waals surface area contributed by atoms with Gasteiger partial charge in [-0.05, 0) is 38.2 Å². The first-order chi connectivity index (χ1) is 19.7. The van der Waals surface area contributed by atoms with Crippen LogP contribution in [0.2, 0.25) is 5.02 Å². The van der Waals surface area contributed by atoms with Crippen LogP contribution in [0.4, 0.5) is 34.5 Å². The topological polar surface area (TPSA) is 155 Å². The van der Waals surface area contributed by atoms with Crippen molar-refractivity contribution in [3.05, 3.63) is 59.3 Å². The number of methoxy groups -OCH3 is 1. The monoisotopic (exact) mass is 616 g/mol. The van der Waals surface area contributed by atoms with Crippen molar-refractivity contribution in [2.45, 2.75) is 13.3 Å². The zero-order valence-corrected chi connectivity index (χ0v) is 26.2. The number of hydrogen-bond acceptors (Lipinski definition) is 10. The van der Waals surface area contributed by atoms with Gasteiger partial charge in [-0.3, -0.25) is 9.52 Å². The fourth-order valence-electron chi connectivity index (χ4n) is 4.06. The van der Waals surface area contributed by atoms with Gasteiger partial charge in [0.25, 0.3) is 0 Å². The molecule has 0 aliphatic heterocycles. The molecule has 0 saturated heterocycles. The molecule has 0 atom stereocenters. The zero-order chi connectivity index (χ0) is 31.2. The molecule has 14 heteroatoms. The summed E-state index contributed by atoms with van der Waals surface area (Å²) in [5.74, 6) is 0.204. The summed E-state index contributed by atoms with van der Waals surface area (Å²) < 4.78 is 32.3. The number of nitrogens with two attached hydrogens (primary N) is 1. The maximum Gasteiger partial charge on any atom is 0.248 e. The number of likely N-dealkylation sites (N-methyl/N-ethyl adjacent to an activating group) is 2. The lowest BCUT2D eigenvalue weighted by molar-refractivity contribution is -0.112. The van der Waals surface area contributed by atoms with E-state index in [9.17, 15) is 13.2 Å². The standard InChI is InChI=1S/C28H37ClN8O4S/c1-8-18-10-9-11-21(25(18)35-42(7,39)40)32-27-20(29)16-31-28(34-27)33-22-14-19(17(2)26(30)38)23(15-24(22)41-6)37(5)13-12-36(3)4/h9-11,14-16,35H,2,8,12-13H2,1,3-7H3,(H2,30,38)(H2,31,32,33,34). The Balaban J connectivity index is 2.03. The Bertz CT molecular complexity index is 1580. The number of hydrogen-bond donors (Lipinski definition) is 4. The lowest BCUT2D eigenvalue weighted by Gasteiger charge is -2.26. The summed E-state index contributed by atoms with van der Waals surface area (Å²) >= 11 is 6.43. The summed E-state index contributed by atoms with van der Waals surface area (Å²) in [5, 5.41) is 6.45. The third-order valence-corrected chi connectivity index (χ3v) is 7.15. The number of ether oxygens (including phenoxy) is 1. The summed E-state index contributed by atoms with van der Waals surface area (Å²) in [6, 6.07) is 8.85. The minimum atomic E-state index is -3.55. The first-order valence-corrected chi connectivity index (χ1v) is 15.2. The van der Waals surface area contributed by atoms with Gasteiger partial charge in [-0.2, -0.15) is 4.98 Å². The molecule has 1 amide bonds. The molecule has 0 saturated carbocycles. The van der Waals surface area contributed by atoms with Crippen LogP contribution < -0.4 is 30.7 Å². The number of nitrogens with one attached hydrogen (secondary N) is 3. The first-order valence-electron chi connectivity index (χ1n) is 13.0. The van der Waals surface area contributed by atoms with E-state index in [1.54, 1.807) is 24.3 Å². The second-order valence-corrected chi connectivity index (χ2v) is 12.0. The number of benzene rings is 2. The molecule has 0 unspecified atom stereocenters. The molecule has 42 heavy (non-hydrogen) atoms. The van der Waals surface area contributed by atoms with Gasteiger partial charge in [-0.1, -0.05) is 37.2 Å². The third-order valence-electron chi connectivity index (χ3n) is 6.30. The number of primary amides is 1. The molecule has 3 rings (SSSR count). The first kappa shape index (κ1) is 32.4. The van der Waals surface area contributed by atoms with Crippen LogP contribution in [-0.4, -0.2) is 76.8 Å². The Labute approximate surface area is 252 Å². The number of aromatic nitrogens is 2. The smallest absolute Gasteiger partial charge is 0.248 e. The highest BCUT2D eigenvalue weighted by Crippen LogP contribution is 2.38. The molecule has 0 spiro atoms. The van der Waals surface area contributed by atoms with Gasteiger partial charge in [0, 0.05) is 43.0 Å². The fourth-order valence-corrected chi connectivity index (χ4v) is 4.81. The lowest BCUT2D eigenvalue weighted by atomic mass is 10.0. The fraction of sp³-hybridized carbons (Fsp3) is 0.321. The van der Waals surface area contributed by atoms with E-state index < -0.39 is 15.9 Å². The van der Waals surface area contributed by atoms with Crippen molar-refractivity contribution >= 4 is 67.6 Å². The third kappa shape index (κ3) is 8.24. The van der Waals surface area contributed by atoms with Gasteiger partial charge in [0.05, 0.1) is 36.6 Å². The molecule has 0 bridgehead atoms. The van der Waals surface area contributed by atoms with Crippen LogP contribution in [0.5, 0.6) is 5.75 Å². The van der Waals surface area contributed by atoms with Crippen LogP contribution in [0.1, 0.15) is 18.1 Å². The van der Waals surface area contributed by atoms with Crippen LogP contribution in [-0.2, 0) is 21.2 Å². The van der Waals surface area contributed by atoms with Crippen molar-refractivity contribution in [3.8, 4) is 5.75 Å². The van der Waals surface area contributed by atoms with E-state index in [0.717, 1.165) is 18.4 Å². The van der Waals surface area contributed by atoms with E-state index in [1.807, 2.05) is 39.0 Å². The molecule has 0 aliphatic carbocycles. The van der Waals surface area contributed by atoms with Crippen LogP contribution >= 0.6 is 11.6 Å². The molecule has 3 aromatic rings. The molecule has 1 aromatic heterocycles. The van der Waals surface area contributed by atoms with Crippen molar-refractivity contribution < 1.29 is 17.9 Å². The van der Waals surface area contributed by atoms with Gasteiger partial charge in [-0.25, -0.2) is 13.4 Å². The van der Waals surface area contributed by atoms with Gasteiger partial charge in [-0.15, -0.1) is 0 Å². The summed E-state index contributed by atoms with van der Waals surface area (Å²) in [6.07, 6.45) is 3.09. The average Bonchev–Trinajstić information content (AvgIpc) is 2.92. The Morgan fingerprint density at radius 1 is 1.14 bits per heavy atom. The number of nitrogens with zero attached hydrogens (tertiary/aromatic N) is 4. The molecule has 1 heterocycles. The molecule has 5 N–H and O–H groups in total. The number of carbonyl (C=O) groups is 1. The summed E-state index contributed by atoms with van der Waals surface area (Å²) in [5.41, 5.74) is 9.09. The number of rotatable bonds is 14. The van der Waals surface area contributed by atoms with Gasteiger partial charge in [0.15, 0.2) is 5.82 Å². The van der Waals surface area contributed by atoms with Crippen molar-refractivity contribution in [1.29, 1.82) is 0 Å². The number of halogens is 1. The number of carbonyl (C=O) groups excluding carboxylic acids is 1. The van der Waals surface area contributed by atoms with E-state index in [1.165, 1.54) is 13.3 Å². The maximum atomic E-state index is 12.1. The van der Waals surface area contributed by atoms with Crippen molar-refractivity contribution in [2.75, 3.05) is 67.9 Å². The number of para-hydroxylation sites is 1. The number of amides is 1. The normalized spacial score (nSPS) is 11.2. The molecule has 12 nitrogen and oxygen atoms in total. The van der Waals surface area contributed by atoms with E-state index in [2.05, 4.69) is 36.8 Å². The molecular weight excluding hydrogens is 580 g/mol. The van der Waals surface area contributed by atoms with Crippen LogP contribution in [0.25, 0.3) is 5.57 Å². The highest BCUT2D eigenvalue weighted by molar-refractivity contribution is 7.92. The second kappa shape index (κ2) is 13.7. The number of anilines is 6. The van der Waals surface area contributed by atoms with Crippen LogP contribution in [0.3, 0.4) is 0 Å². The quantitative estimate of drug-likeness (QED) is 0.195. The summed E-state index contributed by atoms with van der Waals surface area (Å²) in [4.78, 5) is 25.0. The van der Waals surface area contributed by atoms with Crippen LogP contribution in [0, 0.1) is 0 Å². The van der Waals surface area contributed by atoms with Crippen molar-refractivity contribution in [1.82, 2.24) is 14.9 Å². The average molecular weight is 617 g/mol. The van der Waals surface area contributed by atoms with Crippen molar-refractivity contribution in [3.63, 3.8) is 0 Å². The Morgan fingerprint density at radius 3 is 2.45 bits per heavy atom. The highest BCUT2D eigenvalue weighted by atomic mass is 35.5. The SMILES string of the molecule is C=C(C(N)=O)c1cc(Nc2ncc(Cl)c(Nc3cccc(CC)c3NS(C)(=O)=O)n2)c(OC)cc1N(C)CCN(C)C. The minimum Gasteiger partial charge on any atom is -0.494 e. The molecular formula is C28H37ClN8O4S. The molecule has 0 radical (unpaired) electrons. The Kier molecular flexibility index (Phi) is 10.6.